The molecule has 0 radical (unpaired) electrons. The SMILES string of the molecule is Cc1ccc(OCc2c(C(=O)Nc3ncn(Cc4cccc(F)c4)n3)noc2C)cc1. The van der Waals surface area contributed by atoms with E-state index >= 15 is 0 Å². The first-order valence-corrected chi connectivity index (χ1v) is 9.58. The molecule has 4 rings (SSSR count). The Kier molecular flexibility index (Phi) is 5.74. The van der Waals surface area contributed by atoms with Gasteiger partial charge in [-0.25, -0.2) is 14.1 Å². The molecule has 9 heteroatoms. The van der Waals surface area contributed by atoms with E-state index in [4.69, 9.17) is 9.26 Å². The summed E-state index contributed by atoms with van der Waals surface area (Å²) in [5, 5.41) is 10.7. The molecule has 2 aromatic heterocycles. The third-order valence-electron chi connectivity index (χ3n) is 4.60. The van der Waals surface area contributed by atoms with Crippen molar-refractivity contribution in [2.75, 3.05) is 5.32 Å². The van der Waals surface area contributed by atoms with Crippen molar-refractivity contribution in [2.45, 2.75) is 27.0 Å². The molecular formula is C22H20FN5O3. The van der Waals surface area contributed by atoms with Crippen LogP contribution < -0.4 is 10.1 Å². The van der Waals surface area contributed by atoms with Gasteiger partial charge in [0.25, 0.3) is 5.91 Å². The standard InChI is InChI=1S/C22H20FN5O3/c1-14-6-8-18(9-7-14)30-12-19-15(2)31-27-20(19)21(29)25-22-24-13-28(26-22)11-16-4-3-5-17(23)10-16/h3-10,13H,11-12H2,1-2H3,(H,25,26,29). The lowest BCUT2D eigenvalue weighted by atomic mass is 10.2. The first-order chi connectivity index (χ1) is 15.0. The van der Waals surface area contributed by atoms with Crippen LogP contribution >= 0.6 is 0 Å². The van der Waals surface area contributed by atoms with Crippen molar-refractivity contribution in [1.82, 2.24) is 19.9 Å². The number of nitrogens with zero attached hydrogens (tertiary/aromatic N) is 4. The van der Waals surface area contributed by atoms with E-state index in [-0.39, 0.29) is 24.1 Å². The van der Waals surface area contributed by atoms with Crippen molar-refractivity contribution in [3.8, 4) is 5.75 Å². The molecular weight excluding hydrogens is 401 g/mol. The van der Waals surface area contributed by atoms with Gasteiger partial charge in [-0.2, -0.15) is 0 Å². The third-order valence-corrected chi connectivity index (χ3v) is 4.60. The van der Waals surface area contributed by atoms with Crippen LogP contribution in [0.3, 0.4) is 0 Å². The quantitative estimate of drug-likeness (QED) is 0.486. The van der Waals surface area contributed by atoms with E-state index in [1.807, 2.05) is 31.2 Å². The zero-order chi connectivity index (χ0) is 21.8. The molecule has 0 saturated carbocycles. The van der Waals surface area contributed by atoms with Crippen molar-refractivity contribution in [1.29, 1.82) is 0 Å². The number of anilines is 1. The molecule has 31 heavy (non-hydrogen) atoms. The molecule has 0 bridgehead atoms. The average Bonchev–Trinajstić information content (AvgIpc) is 3.33. The Hall–Kier alpha value is -4.01. The summed E-state index contributed by atoms with van der Waals surface area (Å²) in [6.07, 6.45) is 1.45. The lowest BCUT2D eigenvalue weighted by Crippen LogP contribution is -2.16. The molecule has 0 aliphatic rings. The Morgan fingerprint density at radius 2 is 2.00 bits per heavy atom. The minimum Gasteiger partial charge on any atom is -0.489 e. The fourth-order valence-electron chi connectivity index (χ4n) is 2.94. The molecule has 0 fully saturated rings. The first kappa shape index (κ1) is 20.3. The van der Waals surface area contributed by atoms with Gasteiger partial charge in [0, 0.05) is 0 Å². The van der Waals surface area contributed by atoms with E-state index in [1.165, 1.54) is 23.1 Å². The average molecular weight is 421 g/mol. The van der Waals surface area contributed by atoms with Gasteiger partial charge in [-0.3, -0.25) is 10.1 Å². The maximum absolute atomic E-state index is 13.3. The monoisotopic (exact) mass is 421 g/mol. The van der Waals surface area contributed by atoms with Crippen LogP contribution in [0.2, 0.25) is 0 Å². The number of carbonyl (C=O) groups is 1. The third kappa shape index (κ3) is 4.95. The van der Waals surface area contributed by atoms with Crippen LogP contribution in [0.25, 0.3) is 0 Å². The second-order valence-electron chi connectivity index (χ2n) is 7.02. The van der Waals surface area contributed by atoms with Crippen molar-refractivity contribution in [2.24, 2.45) is 0 Å². The first-order valence-electron chi connectivity index (χ1n) is 9.58. The minimum atomic E-state index is -0.511. The lowest BCUT2D eigenvalue weighted by molar-refractivity contribution is 0.101. The number of amides is 1. The highest BCUT2D eigenvalue weighted by Gasteiger charge is 2.21. The van der Waals surface area contributed by atoms with Crippen LogP contribution in [0, 0.1) is 19.7 Å². The van der Waals surface area contributed by atoms with Crippen LogP contribution in [-0.4, -0.2) is 25.8 Å². The molecule has 2 aromatic carbocycles. The van der Waals surface area contributed by atoms with E-state index in [0.717, 1.165) is 11.1 Å². The molecule has 158 valence electrons. The van der Waals surface area contributed by atoms with E-state index in [0.29, 0.717) is 23.6 Å². The van der Waals surface area contributed by atoms with Crippen LogP contribution in [0.15, 0.2) is 59.4 Å². The van der Waals surface area contributed by atoms with Crippen LogP contribution in [-0.2, 0) is 13.2 Å². The molecule has 0 unspecified atom stereocenters. The normalized spacial score (nSPS) is 10.8. The molecule has 8 nitrogen and oxygen atoms in total. The highest BCUT2D eigenvalue weighted by Crippen LogP contribution is 2.19. The molecule has 0 aliphatic heterocycles. The number of rotatable bonds is 7. The van der Waals surface area contributed by atoms with Gasteiger partial charge >= 0.3 is 0 Å². The fourth-order valence-corrected chi connectivity index (χ4v) is 2.94. The summed E-state index contributed by atoms with van der Waals surface area (Å²) >= 11 is 0. The number of aryl methyl sites for hydroxylation is 2. The summed E-state index contributed by atoms with van der Waals surface area (Å²) in [5.41, 5.74) is 2.49. The molecule has 0 atom stereocenters. The summed E-state index contributed by atoms with van der Waals surface area (Å²) in [6.45, 7) is 4.15. The zero-order valence-electron chi connectivity index (χ0n) is 17.0. The highest BCUT2D eigenvalue weighted by atomic mass is 19.1. The molecule has 0 aliphatic carbocycles. The van der Waals surface area contributed by atoms with Gasteiger partial charge in [0.2, 0.25) is 5.95 Å². The number of halogens is 1. The van der Waals surface area contributed by atoms with E-state index in [9.17, 15) is 9.18 Å². The topological polar surface area (TPSA) is 95.1 Å². The van der Waals surface area contributed by atoms with E-state index in [1.54, 1.807) is 19.1 Å². The summed E-state index contributed by atoms with van der Waals surface area (Å²) < 4.78 is 25.8. The summed E-state index contributed by atoms with van der Waals surface area (Å²) in [6, 6.07) is 13.8. The smallest absolute Gasteiger partial charge is 0.280 e. The summed E-state index contributed by atoms with van der Waals surface area (Å²) in [7, 11) is 0. The molecule has 0 saturated heterocycles. The fraction of sp³-hybridized carbons (Fsp3) is 0.182. The molecule has 0 spiro atoms. The maximum atomic E-state index is 13.3. The number of benzene rings is 2. The predicted molar refractivity (Wildman–Crippen MR) is 110 cm³/mol. The highest BCUT2D eigenvalue weighted by molar-refractivity contribution is 6.02. The second-order valence-corrected chi connectivity index (χ2v) is 7.02. The van der Waals surface area contributed by atoms with Gasteiger partial charge in [0.1, 0.15) is 30.3 Å². The van der Waals surface area contributed by atoms with Crippen molar-refractivity contribution in [3.63, 3.8) is 0 Å². The second kappa shape index (κ2) is 8.78. The number of aromatic nitrogens is 4. The molecule has 2 heterocycles. The van der Waals surface area contributed by atoms with Crippen molar-refractivity contribution < 1.29 is 18.4 Å². The number of nitrogens with one attached hydrogen (secondary N) is 1. The van der Waals surface area contributed by atoms with Crippen molar-refractivity contribution in [3.05, 3.63) is 88.8 Å². The minimum absolute atomic E-state index is 0.103. The van der Waals surface area contributed by atoms with Crippen molar-refractivity contribution >= 4 is 11.9 Å². The number of hydrogen-bond donors (Lipinski definition) is 1. The number of carbonyl (C=O) groups excluding carboxylic acids is 1. The Labute approximate surface area is 177 Å². The molecule has 4 aromatic rings. The molecule has 1 N–H and O–H groups in total. The van der Waals surface area contributed by atoms with Gasteiger partial charge in [-0.15, -0.1) is 5.10 Å². The number of ether oxygens (including phenoxy) is 1. The van der Waals surface area contributed by atoms with E-state index < -0.39 is 5.91 Å². The van der Waals surface area contributed by atoms with Gasteiger partial charge in [-0.1, -0.05) is 35.0 Å². The van der Waals surface area contributed by atoms with Crippen LogP contribution in [0.1, 0.15) is 32.9 Å². The summed E-state index contributed by atoms with van der Waals surface area (Å²) in [4.78, 5) is 16.8. The Bertz CT molecular complexity index is 1200. The Morgan fingerprint density at radius 1 is 1.19 bits per heavy atom. The lowest BCUT2D eigenvalue weighted by Gasteiger charge is -2.07. The largest absolute Gasteiger partial charge is 0.489 e. The maximum Gasteiger partial charge on any atom is 0.280 e. The summed E-state index contributed by atoms with van der Waals surface area (Å²) in [5.74, 6) is 0.431. The molecule has 1 amide bonds. The predicted octanol–water partition coefficient (Wildman–Crippen LogP) is 3.90. The Morgan fingerprint density at radius 3 is 2.77 bits per heavy atom. The van der Waals surface area contributed by atoms with Gasteiger partial charge in [0.05, 0.1) is 12.1 Å². The van der Waals surface area contributed by atoms with Gasteiger partial charge in [0.15, 0.2) is 5.69 Å². The van der Waals surface area contributed by atoms with Crippen LogP contribution in [0.4, 0.5) is 10.3 Å². The Balaban J connectivity index is 1.42. The van der Waals surface area contributed by atoms with E-state index in [2.05, 4.69) is 20.6 Å². The van der Waals surface area contributed by atoms with Gasteiger partial charge in [-0.05, 0) is 43.7 Å². The number of hydrogen-bond acceptors (Lipinski definition) is 6. The van der Waals surface area contributed by atoms with Gasteiger partial charge < -0.3 is 9.26 Å². The zero-order valence-corrected chi connectivity index (χ0v) is 17.0. The van der Waals surface area contributed by atoms with Crippen LogP contribution in [0.5, 0.6) is 5.75 Å².